The first-order chi connectivity index (χ1) is 8.54. The van der Waals surface area contributed by atoms with Crippen molar-refractivity contribution in [2.75, 3.05) is 39.7 Å². The van der Waals surface area contributed by atoms with Gasteiger partial charge in [-0.25, -0.2) is 0 Å². The summed E-state index contributed by atoms with van der Waals surface area (Å²) in [6, 6.07) is -0.0599. The van der Waals surface area contributed by atoms with Crippen molar-refractivity contribution in [2.24, 2.45) is 0 Å². The van der Waals surface area contributed by atoms with E-state index in [1.807, 2.05) is 0 Å². The third-order valence-corrected chi connectivity index (χ3v) is 5.66. The molecule has 1 heterocycles. The molecule has 1 fully saturated rings. The Labute approximate surface area is 115 Å². The minimum absolute atomic E-state index is 0.0599. The molecule has 0 aliphatic carbocycles. The smallest absolute Gasteiger partial charge is 0.282 e. The number of nitrogens with zero attached hydrogens (tertiary/aromatic N) is 2. The van der Waals surface area contributed by atoms with Crippen LogP contribution in [0.4, 0.5) is 0 Å². The van der Waals surface area contributed by atoms with E-state index in [1.54, 1.807) is 18.5 Å². The van der Waals surface area contributed by atoms with Crippen LogP contribution in [0.3, 0.4) is 0 Å². The highest BCUT2D eigenvalue weighted by molar-refractivity contribution is 7.86. The molecule has 108 valence electrons. The lowest BCUT2D eigenvalue weighted by Gasteiger charge is -2.36. The molecule has 0 radical (unpaired) electrons. The summed E-state index contributed by atoms with van der Waals surface area (Å²) in [5.74, 6) is 0.366. The maximum absolute atomic E-state index is 12.4. The molecule has 0 N–H and O–H groups in total. The summed E-state index contributed by atoms with van der Waals surface area (Å²) in [6.07, 6.45) is 3.52. The van der Waals surface area contributed by atoms with Gasteiger partial charge in [-0.15, -0.1) is 11.6 Å². The minimum atomic E-state index is -3.38. The van der Waals surface area contributed by atoms with E-state index in [2.05, 4.69) is 0 Å². The Bertz CT molecular complexity index is 337. The molecule has 1 saturated heterocycles. The molecule has 1 aliphatic heterocycles. The van der Waals surface area contributed by atoms with Crippen LogP contribution in [-0.2, 0) is 14.9 Å². The van der Waals surface area contributed by atoms with Crippen LogP contribution in [0, 0.1) is 0 Å². The second kappa shape index (κ2) is 7.65. The van der Waals surface area contributed by atoms with Crippen LogP contribution >= 0.6 is 11.6 Å². The van der Waals surface area contributed by atoms with Crippen molar-refractivity contribution in [2.45, 2.75) is 31.7 Å². The molecule has 1 atom stereocenters. The zero-order chi connectivity index (χ0) is 13.6. The van der Waals surface area contributed by atoms with E-state index >= 15 is 0 Å². The van der Waals surface area contributed by atoms with Gasteiger partial charge >= 0.3 is 0 Å². The predicted molar refractivity (Wildman–Crippen MR) is 73.1 cm³/mol. The maximum atomic E-state index is 12.4. The first-order valence-corrected chi connectivity index (χ1v) is 8.25. The first-order valence-electron chi connectivity index (χ1n) is 6.32. The molecule has 1 rings (SSSR count). The Kier molecular flexibility index (Phi) is 6.87. The number of rotatable bonds is 7. The highest BCUT2D eigenvalue weighted by Gasteiger charge is 2.34. The average molecular weight is 299 g/mol. The van der Waals surface area contributed by atoms with E-state index in [1.165, 1.54) is 4.31 Å². The number of hydrogen-bond acceptors (Lipinski definition) is 3. The Balaban J connectivity index is 2.65. The van der Waals surface area contributed by atoms with Crippen molar-refractivity contribution in [1.82, 2.24) is 8.61 Å². The fourth-order valence-electron chi connectivity index (χ4n) is 2.16. The van der Waals surface area contributed by atoms with Crippen LogP contribution in [0.15, 0.2) is 0 Å². The van der Waals surface area contributed by atoms with E-state index < -0.39 is 10.2 Å². The molecule has 0 aromatic heterocycles. The second-order valence-electron chi connectivity index (χ2n) is 4.59. The summed E-state index contributed by atoms with van der Waals surface area (Å²) < 4.78 is 32.7. The normalized spacial score (nSPS) is 22.6. The molecule has 1 unspecified atom stereocenters. The zero-order valence-electron chi connectivity index (χ0n) is 11.1. The lowest BCUT2D eigenvalue weighted by molar-refractivity contribution is 0.187. The van der Waals surface area contributed by atoms with Gasteiger partial charge in [0.05, 0.1) is 0 Å². The number of ether oxygens (including phenoxy) is 1. The van der Waals surface area contributed by atoms with Gasteiger partial charge in [-0.05, 0) is 19.3 Å². The van der Waals surface area contributed by atoms with Crippen molar-refractivity contribution < 1.29 is 13.2 Å². The van der Waals surface area contributed by atoms with Crippen LogP contribution in [-0.4, -0.2) is 62.8 Å². The number of methoxy groups -OCH3 is 1. The molecular formula is C11H23ClN2O3S. The minimum Gasteiger partial charge on any atom is -0.385 e. The Morgan fingerprint density at radius 3 is 2.78 bits per heavy atom. The van der Waals surface area contributed by atoms with Crippen molar-refractivity contribution in [3.8, 4) is 0 Å². The molecule has 0 saturated carbocycles. The van der Waals surface area contributed by atoms with Gasteiger partial charge in [0.1, 0.15) is 0 Å². The van der Waals surface area contributed by atoms with Gasteiger partial charge < -0.3 is 4.74 Å². The number of hydrogen-bond donors (Lipinski definition) is 0. The van der Waals surface area contributed by atoms with E-state index in [-0.39, 0.29) is 6.04 Å². The van der Waals surface area contributed by atoms with E-state index in [0.717, 1.165) is 19.3 Å². The fraction of sp³-hybridized carbons (Fsp3) is 1.00. The zero-order valence-corrected chi connectivity index (χ0v) is 12.7. The van der Waals surface area contributed by atoms with Gasteiger partial charge in [-0.3, -0.25) is 0 Å². The highest BCUT2D eigenvalue weighted by atomic mass is 35.5. The third-order valence-electron chi connectivity index (χ3n) is 3.26. The molecule has 0 amide bonds. The molecule has 18 heavy (non-hydrogen) atoms. The maximum Gasteiger partial charge on any atom is 0.282 e. The number of halogens is 1. The first kappa shape index (κ1) is 16.2. The molecule has 0 aromatic rings. The van der Waals surface area contributed by atoms with Gasteiger partial charge in [0, 0.05) is 45.8 Å². The van der Waals surface area contributed by atoms with Crippen molar-refractivity contribution >= 4 is 21.8 Å². The molecule has 1 aliphatic rings. The number of piperidine rings is 1. The van der Waals surface area contributed by atoms with Gasteiger partial charge in [-0.1, -0.05) is 6.42 Å². The predicted octanol–water partition coefficient (Wildman–Crippen LogP) is 1.29. The van der Waals surface area contributed by atoms with Crippen molar-refractivity contribution in [1.29, 1.82) is 0 Å². The van der Waals surface area contributed by atoms with Crippen LogP contribution in [0.1, 0.15) is 25.7 Å². The van der Waals surface area contributed by atoms with E-state index in [9.17, 15) is 8.42 Å². The average Bonchev–Trinajstić information content (AvgIpc) is 2.38. The molecule has 5 nitrogen and oxygen atoms in total. The Hall–Kier alpha value is 0.120. The standard InChI is InChI=1S/C11H23ClN2O3S/c1-13(7-5-9-17-2)18(15,16)14-8-4-3-6-11(14)10-12/h11H,3-10H2,1-2H3. The largest absolute Gasteiger partial charge is 0.385 e. The lowest BCUT2D eigenvalue weighted by Crippen LogP contribution is -2.50. The summed E-state index contributed by atoms with van der Waals surface area (Å²) in [7, 11) is -0.147. The van der Waals surface area contributed by atoms with Crippen LogP contribution in [0.5, 0.6) is 0 Å². The molecule has 0 aromatic carbocycles. The summed E-state index contributed by atoms with van der Waals surface area (Å²) in [5.41, 5.74) is 0. The lowest BCUT2D eigenvalue weighted by atomic mass is 10.1. The topological polar surface area (TPSA) is 49.9 Å². The summed E-state index contributed by atoms with van der Waals surface area (Å²) in [6.45, 7) is 1.62. The Morgan fingerprint density at radius 2 is 2.17 bits per heavy atom. The molecule has 0 bridgehead atoms. The quantitative estimate of drug-likeness (QED) is 0.526. The second-order valence-corrected chi connectivity index (χ2v) is 6.89. The monoisotopic (exact) mass is 298 g/mol. The van der Waals surface area contributed by atoms with E-state index in [0.29, 0.717) is 32.0 Å². The number of alkyl halides is 1. The SMILES string of the molecule is COCCCN(C)S(=O)(=O)N1CCCCC1CCl. The van der Waals surface area contributed by atoms with Crippen LogP contribution < -0.4 is 0 Å². The molecular weight excluding hydrogens is 276 g/mol. The fourth-order valence-corrected chi connectivity index (χ4v) is 4.20. The third kappa shape index (κ3) is 4.06. The van der Waals surface area contributed by atoms with E-state index in [4.69, 9.17) is 16.3 Å². The van der Waals surface area contributed by atoms with Gasteiger partial charge in [0.2, 0.25) is 0 Å². The van der Waals surface area contributed by atoms with Crippen molar-refractivity contribution in [3.05, 3.63) is 0 Å². The molecule has 0 spiro atoms. The summed E-state index contributed by atoms with van der Waals surface area (Å²) in [5, 5.41) is 0. The van der Waals surface area contributed by atoms with Gasteiger partial charge in [0.25, 0.3) is 10.2 Å². The van der Waals surface area contributed by atoms with Crippen LogP contribution in [0.2, 0.25) is 0 Å². The molecule has 7 heteroatoms. The van der Waals surface area contributed by atoms with Crippen molar-refractivity contribution in [3.63, 3.8) is 0 Å². The summed E-state index contributed by atoms with van der Waals surface area (Å²) in [4.78, 5) is 0. The van der Waals surface area contributed by atoms with Gasteiger partial charge in [0.15, 0.2) is 0 Å². The van der Waals surface area contributed by atoms with Crippen LogP contribution in [0.25, 0.3) is 0 Å². The highest BCUT2D eigenvalue weighted by Crippen LogP contribution is 2.22. The van der Waals surface area contributed by atoms with Gasteiger partial charge in [-0.2, -0.15) is 17.0 Å². The Morgan fingerprint density at radius 1 is 1.44 bits per heavy atom. The summed E-state index contributed by atoms with van der Waals surface area (Å²) >= 11 is 5.87.